The highest BCUT2D eigenvalue weighted by Gasteiger charge is 2.43. The maximum atomic E-state index is 14.4. The lowest BCUT2D eigenvalue weighted by molar-refractivity contribution is -0.147. The summed E-state index contributed by atoms with van der Waals surface area (Å²) in [7, 11) is 0. The topological polar surface area (TPSA) is 87.7 Å². The third-order valence-corrected chi connectivity index (χ3v) is 6.80. The van der Waals surface area contributed by atoms with Crippen LogP contribution in [0.25, 0.3) is 0 Å². The van der Waals surface area contributed by atoms with Gasteiger partial charge in [0.15, 0.2) is 0 Å². The van der Waals surface area contributed by atoms with Crippen LogP contribution in [0.1, 0.15) is 84.5 Å². The largest absolute Gasteiger partial charge is 0.444 e. The predicted octanol–water partition coefficient (Wildman–Crippen LogP) is 7.20. The smallest absolute Gasteiger partial charge is 0.408 e. The second-order valence-corrected chi connectivity index (χ2v) is 12.5. The monoisotopic (exact) mass is 557 g/mol. The van der Waals surface area contributed by atoms with Crippen LogP contribution in [0.5, 0.6) is 0 Å². The molecule has 0 aromatic heterocycles. The Morgan fingerprint density at radius 1 is 0.974 bits per heavy atom. The average Bonchev–Trinajstić information content (AvgIpc) is 2.81. The van der Waals surface area contributed by atoms with Gasteiger partial charge in [-0.15, -0.1) is 0 Å². The van der Waals surface area contributed by atoms with E-state index in [1.54, 1.807) is 31.7 Å². The first-order valence-electron chi connectivity index (χ1n) is 13.4. The van der Waals surface area contributed by atoms with E-state index in [1.165, 1.54) is 0 Å². The van der Waals surface area contributed by atoms with Crippen LogP contribution < -0.4 is 10.6 Å². The van der Waals surface area contributed by atoms with Gasteiger partial charge < -0.3 is 20.3 Å². The van der Waals surface area contributed by atoms with Crippen LogP contribution in [0, 0.1) is 19.8 Å². The van der Waals surface area contributed by atoms with Gasteiger partial charge in [-0.3, -0.25) is 9.59 Å². The molecule has 0 fully saturated rings. The summed E-state index contributed by atoms with van der Waals surface area (Å²) < 4.78 is 5.47. The van der Waals surface area contributed by atoms with Crippen molar-refractivity contribution in [3.05, 3.63) is 64.2 Å². The Morgan fingerprint density at radius 2 is 1.56 bits per heavy atom. The molecule has 0 aliphatic carbocycles. The molecular formula is C31H44ClN3O4. The van der Waals surface area contributed by atoms with Gasteiger partial charge in [-0.05, 0) is 78.5 Å². The summed E-state index contributed by atoms with van der Waals surface area (Å²) in [5.74, 6) is -1.000. The fourth-order valence-electron chi connectivity index (χ4n) is 4.26. The summed E-state index contributed by atoms with van der Waals surface area (Å²) in [5, 5.41) is 6.18. The number of aryl methyl sites for hydroxylation is 2. The minimum absolute atomic E-state index is 0.220. The third-order valence-electron chi connectivity index (χ3n) is 6.48. The van der Waals surface area contributed by atoms with Gasteiger partial charge in [0.2, 0.25) is 5.91 Å². The number of anilines is 1. The molecule has 0 aliphatic heterocycles. The molecule has 0 saturated heterocycles. The van der Waals surface area contributed by atoms with E-state index in [0.29, 0.717) is 22.7 Å². The minimum atomic E-state index is -0.999. The van der Waals surface area contributed by atoms with E-state index in [4.69, 9.17) is 16.3 Å². The quantitative estimate of drug-likeness (QED) is 0.359. The van der Waals surface area contributed by atoms with E-state index >= 15 is 0 Å². The van der Waals surface area contributed by atoms with E-state index in [1.807, 2.05) is 84.9 Å². The van der Waals surface area contributed by atoms with Gasteiger partial charge >= 0.3 is 6.09 Å². The van der Waals surface area contributed by atoms with Gasteiger partial charge in [-0.1, -0.05) is 73.8 Å². The molecular weight excluding hydrogens is 514 g/mol. The Balaban J connectivity index is 2.64. The SMILES string of the molecule is CCC(C)C(NC(=O)OC(C)(C)C)C(=O)N(C(C(=O)Nc1c(C)cccc1Cl)c1ccc(C)cc1)C(C)(C)C. The maximum Gasteiger partial charge on any atom is 0.408 e. The molecule has 0 saturated carbocycles. The zero-order valence-electron chi connectivity index (χ0n) is 24.9. The number of nitrogens with zero attached hydrogens (tertiary/aromatic N) is 1. The predicted molar refractivity (Wildman–Crippen MR) is 158 cm³/mol. The molecule has 0 aliphatic rings. The molecule has 0 radical (unpaired) electrons. The first kappa shape index (κ1) is 32.2. The molecule has 214 valence electrons. The highest BCUT2D eigenvalue weighted by atomic mass is 35.5. The number of rotatable bonds is 8. The normalized spacial score (nSPS) is 14.1. The van der Waals surface area contributed by atoms with Crippen molar-refractivity contribution >= 4 is 35.2 Å². The summed E-state index contributed by atoms with van der Waals surface area (Å²) in [4.78, 5) is 42.9. The minimum Gasteiger partial charge on any atom is -0.444 e. The molecule has 0 heterocycles. The van der Waals surface area contributed by atoms with Gasteiger partial charge in [0.1, 0.15) is 17.7 Å². The van der Waals surface area contributed by atoms with Crippen LogP contribution in [0.4, 0.5) is 10.5 Å². The zero-order chi connectivity index (χ0) is 29.7. The Hall–Kier alpha value is -3.06. The van der Waals surface area contributed by atoms with E-state index < -0.39 is 35.2 Å². The van der Waals surface area contributed by atoms with Crippen LogP contribution in [-0.2, 0) is 14.3 Å². The summed E-state index contributed by atoms with van der Waals surface area (Å²) >= 11 is 6.44. The van der Waals surface area contributed by atoms with Crippen LogP contribution >= 0.6 is 11.6 Å². The lowest BCUT2D eigenvalue weighted by atomic mass is 9.91. The number of hydrogen-bond donors (Lipinski definition) is 2. The van der Waals surface area contributed by atoms with Crippen molar-refractivity contribution in [2.75, 3.05) is 5.32 Å². The number of hydrogen-bond acceptors (Lipinski definition) is 4. The molecule has 3 unspecified atom stereocenters. The van der Waals surface area contributed by atoms with Crippen LogP contribution in [0.3, 0.4) is 0 Å². The van der Waals surface area contributed by atoms with Crippen molar-refractivity contribution in [2.24, 2.45) is 5.92 Å². The number of para-hydroxylation sites is 1. The standard InChI is InChI=1S/C31H44ClN3O4/c1-11-20(3)25(34-29(38)39-31(8,9)10)28(37)35(30(5,6)7)26(22-17-15-19(2)16-18-22)27(36)33-24-21(4)13-12-14-23(24)32/h12-18,20,25-26H,11H2,1-10H3,(H,33,36)(H,34,38). The van der Waals surface area contributed by atoms with Crippen molar-refractivity contribution in [2.45, 2.75) is 98.9 Å². The Kier molecular flexibility index (Phi) is 10.6. The van der Waals surface area contributed by atoms with Crippen molar-refractivity contribution in [3.63, 3.8) is 0 Å². The van der Waals surface area contributed by atoms with Crippen molar-refractivity contribution in [1.29, 1.82) is 0 Å². The van der Waals surface area contributed by atoms with Gasteiger partial charge in [0, 0.05) is 5.54 Å². The molecule has 2 aromatic rings. The van der Waals surface area contributed by atoms with Crippen LogP contribution in [0.2, 0.25) is 5.02 Å². The highest BCUT2D eigenvalue weighted by molar-refractivity contribution is 6.34. The van der Waals surface area contributed by atoms with E-state index in [9.17, 15) is 14.4 Å². The molecule has 0 spiro atoms. The Labute approximate surface area is 238 Å². The summed E-state index contributed by atoms with van der Waals surface area (Å²) in [6.07, 6.45) is -0.0530. The van der Waals surface area contributed by atoms with Crippen LogP contribution in [0.15, 0.2) is 42.5 Å². The van der Waals surface area contributed by atoms with E-state index in [2.05, 4.69) is 10.6 Å². The van der Waals surface area contributed by atoms with Gasteiger partial charge in [0.25, 0.3) is 5.91 Å². The highest BCUT2D eigenvalue weighted by Crippen LogP contribution is 2.34. The number of carbonyl (C=O) groups is 3. The van der Waals surface area contributed by atoms with E-state index in [0.717, 1.165) is 11.1 Å². The number of carbonyl (C=O) groups excluding carboxylic acids is 3. The number of ether oxygens (including phenoxy) is 1. The number of benzene rings is 2. The zero-order valence-corrected chi connectivity index (χ0v) is 25.7. The summed E-state index contributed by atoms with van der Waals surface area (Å²) in [6.45, 7) is 18.6. The number of amides is 3. The lowest BCUT2D eigenvalue weighted by Gasteiger charge is -2.44. The summed E-state index contributed by atoms with van der Waals surface area (Å²) in [6, 6.07) is 11.0. The van der Waals surface area contributed by atoms with E-state index in [-0.39, 0.29) is 11.8 Å². The van der Waals surface area contributed by atoms with Crippen molar-refractivity contribution in [3.8, 4) is 0 Å². The second-order valence-electron chi connectivity index (χ2n) is 12.1. The second kappa shape index (κ2) is 12.9. The number of halogens is 1. The van der Waals surface area contributed by atoms with Gasteiger partial charge in [-0.25, -0.2) is 4.79 Å². The molecule has 2 aromatic carbocycles. The maximum absolute atomic E-state index is 14.4. The first-order chi connectivity index (χ1) is 18.0. The molecule has 3 amide bonds. The molecule has 2 N–H and O–H groups in total. The molecule has 2 rings (SSSR count). The third kappa shape index (κ3) is 8.72. The molecule has 3 atom stereocenters. The van der Waals surface area contributed by atoms with Crippen molar-refractivity contribution < 1.29 is 19.1 Å². The average molecular weight is 558 g/mol. The Morgan fingerprint density at radius 3 is 2.05 bits per heavy atom. The van der Waals surface area contributed by atoms with Crippen molar-refractivity contribution in [1.82, 2.24) is 10.2 Å². The number of alkyl carbamates (subject to hydrolysis) is 1. The lowest BCUT2D eigenvalue weighted by Crippen LogP contribution is -2.59. The van der Waals surface area contributed by atoms with Crippen LogP contribution in [-0.4, -0.2) is 40.0 Å². The van der Waals surface area contributed by atoms with Gasteiger partial charge in [0.05, 0.1) is 10.7 Å². The molecule has 7 nitrogen and oxygen atoms in total. The fourth-order valence-corrected chi connectivity index (χ4v) is 4.53. The number of nitrogens with one attached hydrogen (secondary N) is 2. The summed E-state index contributed by atoms with van der Waals surface area (Å²) in [5.41, 5.74) is 1.45. The molecule has 0 bridgehead atoms. The molecule has 8 heteroatoms. The van der Waals surface area contributed by atoms with Gasteiger partial charge in [-0.2, -0.15) is 0 Å². The Bertz CT molecular complexity index is 1150. The first-order valence-corrected chi connectivity index (χ1v) is 13.8. The molecule has 39 heavy (non-hydrogen) atoms. The fraction of sp³-hybridized carbons (Fsp3) is 0.516.